The zero-order chi connectivity index (χ0) is 21.5. The number of thioether (sulfide) groups is 3. The molecule has 158 valence electrons. The van der Waals surface area contributed by atoms with Gasteiger partial charge in [0, 0.05) is 11.4 Å². The number of hydrogen-bond donors (Lipinski definition) is 0. The molecule has 1 amide bonds. The largest absolute Gasteiger partial charge is 0.494 e. The van der Waals surface area contributed by atoms with Crippen LogP contribution < -0.4 is 4.74 Å². The molecule has 2 aromatic rings. The van der Waals surface area contributed by atoms with Crippen molar-refractivity contribution in [3.05, 3.63) is 58.5 Å². The number of amides is 1. The van der Waals surface area contributed by atoms with Gasteiger partial charge in [-0.05, 0) is 84.8 Å². The van der Waals surface area contributed by atoms with Gasteiger partial charge in [-0.1, -0.05) is 18.2 Å². The fraction of sp³-hybridized carbons (Fsp3) is 0.304. The van der Waals surface area contributed by atoms with Crippen molar-refractivity contribution >= 4 is 58.1 Å². The van der Waals surface area contributed by atoms with E-state index >= 15 is 0 Å². The minimum Gasteiger partial charge on any atom is -0.494 e. The Balaban J connectivity index is 1.94. The number of ether oxygens (including phenoxy) is 1. The van der Waals surface area contributed by atoms with E-state index in [0.29, 0.717) is 22.4 Å². The summed E-state index contributed by atoms with van der Waals surface area (Å²) >= 11 is 4.92. The highest BCUT2D eigenvalue weighted by atomic mass is 32.2. The van der Waals surface area contributed by atoms with E-state index in [2.05, 4.69) is 24.6 Å². The standard InChI is InChI=1S/C23H26N2O2S3/c1-16-6-11-20(27-2)19(14-16)24-23-25(12-5-13-28-3)22(26)21(30-23)15-17-7-9-18(29-4)10-8-17/h6-11,14-15H,5,12-13H2,1-4H3. The zero-order valence-corrected chi connectivity index (χ0v) is 20.1. The van der Waals surface area contributed by atoms with Crippen molar-refractivity contribution < 1.29 is 9.53 Å². The number of methoxy groups -OCH3 is 1. The minimum absolute atomic E-state index is 0.0143. The molecule has 0 radical (unpaired) electrons. The molecule has 7 heteroatoms. The summed E-state index contributed by atoms with van der Waals surface area (Å²) in [6, 6.07) is 14.1. The second kappa shape index (κ2) is 11.0. The fourth-order valence-electron chi connectivity index (χ4n) is 3.00. The number of nitrogens with zero attached hydrogens (tertiary/aromatic N) is 2. The first kappa shape index (κ1) is 22.8. The number of benzene rings is 2. The molecule has 0 aliphatic carbocycles. The van der Waals surface area contributed by atoms with Crippen LogP contribution in [-0.2, 0) is 4.79 Å². The van der Waals surface area contributed by atoms with Gasteiger partial charge in [0.05, 0.1) is 12.0 Å². The number of carbonyl (C=O) groups excluding carboxylic acids is 1. The van der Waals surface area contributed by atoms with E-state index in [1.807, 2.05) is 43.3 Å². The van der Waals surface area contributed by atoms with Crippen LogP contribution in [-0.4, -0.2) is 47.9 Å². The van der Waals surface area contributed by atoms with E-state index in [0.717, 1.165) is 29.0 Å². The summed E-state index contributed by atoms with van der Waals surface area (Å²) in [7, 11) is 1.64. The highest BCUT2D eigenvalue weighted by molar-refractivity contribution is 8.18. The van der Waals surface area contributed by atoms with E-state index in [1.165, 1.54) is 16.7 Å². The van der Waals surface area contributed by atoms with Gasteiger partial charge in [-0.25, -0.2) is 4.99 Å². The molecule has 1 saturated heterocycles. The van der Waals surface area contributed by atoms with Gasteiger partial charge in [-0.2, -0.15) is 11.8 Å². The Morgan fingerprint density at radius 1 is 1.17 bits per heavy atom. The molecule has 0 atom stereocenters. The van der Waals surface area contributed by atoms with Crippen LogP contribution in [0.25, 0.3) is 6.08 Å². The predicted octanol–water partition coefficient (Wildman–Crippen LogP) is 6.08. The molecule has 2 aromatic carbocycles. The van der Waals surface area contributed by atoms with Crippen molar-refractivity contribution in [1.82, 2.24) is 4.90 Å². The lowest BCUT2D eigenvalue weighted by molar-refractivity contribution is -0.122. The maximum atomic E-state index is 13.2. The molecule has 1 fully saturated rings. The molecule has 1 aliphatic heterocycles. The van der Waals surface area contributed by atoms with E-state index in [1.54, 1.807) is 35.5 Å². The van der Waals surface area contributed by atoms with E-state index in [4.69, 9.17) is 9.73 Å². The number of rotatable bonds is 8. The van der Waals surface area contributed by atoms with Crippen LogP contribution in [0.1, 0.15) is 17.5 Å². The van der Waals surface area contributed by atoms with Gasteiger partial charge < -0.3 is 4.74 Å². The van der Waals surface area contributed by atoms with Crippen LogP contribution in [0.15, 0.2) is 57.3 Å². The lowest BCUT2D eigenvalue weighted by Crippen LogP contribution is -2.30. The van der Waals surface area contributed by atoms with E-state index < -0.39 is 0 Å². The quantitative estimate of drug-likeness (QED) is 0.272. The Hall–Kier alpha value is -1.83. The fourth-order valence-corrected chi connectivity index (χ4v) is 4.84. The van der Waals surface area contributed by atoms with Crippen molar-refractivity contribution in [3.63, 3.8) is 0 Å². The first-order valence-electron chi connectivity index (χ1n) is 9.63. The van der Waals surface area contributed by atoms with Crippen molar-refractivity contribution in [1.29, 1.82) is 0 Å². The Bertz CT molecular complexity index is 955. The SMILES string of the molecule is COc1ccc(C)cc1N=C1SC(=Cc2ccc(SC)cc2)C(=O)N1CCCSC. The molecule has 0 unspecified atom stereocenters. The third kappa shape index (κ3) is 5.65. The number of hydrogen-bond acceptors (Lipinski definition) is 6. The third-order valence-corrected chi connectivity index (χ3v) is 7.03. The van der Waals surface area contributed by atoms with Gasteiger partial charge in [0.25, 0.3) is 5.91 Å². The molecule has 0 saturated carbocycles. The molecule has 0 spiro atoms. The Morgan fingerprint density at radius 3 is 2.60 bits per heavy atom. The monoisotopic (exact) mass is 458 g/mol. The molecule has 1 aliphatic rings. The Kier molecular flexibility index (Phi) is 8.36. The van der Waals surface area contributed by atoms with Crippen molar-refractivity contribution in [2.24, 2.45) is 4.99 Å². The van der Waals surface area contributed by atoms with Gasteiger partial charge in [0.15, 0.2) is 5.17 Å². The topological polar surface area (TPSA) is 41.9 Å². The van der Waals surface area contributed by atoms with Gasteiger partial charge in [-0.3, -0.25) is 9.69 Å². The third-order valence-electron chi connectivity index (χ3n) is 4.58. The number of amidine groups is 1. The van der Waals surface area contributed by atoms with Gasteiger partial charge in [0.2, 0.25) is 0 Å². The predicted molar refractivity (Wildman–Crippen MR) is 133 cm³/mol. The zero-order valence-electron chi connectivity index (χ0n) is 17.7. The summed E-state index contributed by atoms with van der Waals surface area (Å²) in [5.74, 6) is 1.72. The van der Waals surface area contributed by atoms with Crippen LogP contribution >= 0.6 is 35.3 Å². The molecule has 4 nitrogen and oxygen atoms in total. The lowest BCUT2D eigenvalue weighted by atomic mass is 10.2. The van der Waals surface area contributed by atoms with Gasteiger partial charge >= 0.3 is 0 Å². The Labute approximate surface area is 191 Å². The number of aliphatic imine (C=N–C) groups is 1. The smallest absolute Gasteiger partial charge is 0.266 e. The average molecular weight is 459 g/mol. The molecule has 0 bridgehead atoms. The Morgan fingerprint density at radius 2 is 1.93 bits per heavy atom. The van der Waals surface area contributed by atoms with Gasteiger partial charge in [-0.15, -0.1) is 11.8 Å². The van der Waals surface area contributed by atoms with Crippen LogP contribution in [0, 0.1) is 6.92 Å². The molecule has 0 aromatic heterocycles. The second-order valence-corrected chi connectivity index (χ2v) is 9.63. The van der Waals surface area contributed by atoms with Crippen LogP contribution in [0.2, 0.25) is 0 Å². The summed E-state index contributed by atoms with van der Waals surface area (Å²) in [4.78, 5) is 21.7. The summed E-state index contributed by atoms with van der Waals surface area (Å²) in [5.41, 5.74) is 2.86. The molecule has 1 heterocycles. The first-order chi connectivity index (χ1) is 14.5. The molecular weight excluding hydrogens is 432 g/mol. The maximum Gasteiger partial charge on any atom is 0.266 e. The lowest BCUT2D eigenvalue weighted by Gasteiger charge is -2.15. The average Bonchev–Trinajstić information content (AvgIpc) is 3.03. The molecule has 30 heavy (non-hydrogen) atoms. The van der Waals surface area contributed by atoms with Crippen LogP contribution in [0.3, 0.4) is 0 Å². The normalized spacial score (nSPS) is 16.7. The van der Waals surface area contributed by atoms with Crippen LogP contribution in [0.5, 0.6) is 5.75 Å². The summed E-state index contributed by atoms with van der Waals surface area (Å²) < 4.78 is 5.48. The number of carbonyl (C=O) groups is 1. The second-order valence-electron chi connectivity index (χ2n) is 6.76. The highest BCUT2D eigenvalue weighted by Crippen LogP contribution is 2.37. The molecular formula is C23H26N2O2S3. The number of aryl methyl sites for hydroxylation is 1. The van der Waals surface area contributed by atoms with Crippen molar-refractivity contribution in [2.75, 3.05) is 31.9 Å². The maximum absolute atomic E-state index is 13.2. The summed E-state index contributed by atoms with van der Waals surface area (Å²) in [6.07, 6.45) is 7.01. The summed E-state index contributed by atoms with van der Waals surface area (Å²) in [5, 5.41) is 0.706. The summed E-state index contributed by atoms with van der Waals surface area (Å²) in [6.45, 7) is 2.68. The van der Waals surface area contributed by atoms with Crippen LogP contribution in [0.4, 0.5) is 5.69 Å². The highest BCUT2D eigenvalue weighted by Gasteiger charge is 2.33. The molecule has 3 rings (SSSR count). The minimum atomic E-state index is 0.0143. The van der Waals surface area contributed by atoms with E-state index in [-0.39, 0.29) is 5.91 Å². The first-order valence-corrected chi connectivity index (χ1v) is 13.1. The van der Waals surface area contributed by atoms with E-state index in [9.17, 15) is 4.79 Å². The molecule has 0 N–H and O–H groups in total. The van der Waals surface area contributed by atoms with Gasteiger partial charge in [0.1, 0.15) is 11.4 Å². The van der Waals surface area contributed by atoms with Crippen molar-refractivity contribution in [2.45, 2.75) is 18.2 Å². The van der Waals surface area contributed by atoms with Crippen molar-refractivity contribution in [3.8, 4) is 5.75 Å².